The van der Waals surface area contributed by atoms with E-state index in [0.717, 1.165) is 29.9 Å². The number of benzene rings is 2. The molecule has 0 aliphatic carbocycles. The summed E-state index contributed by atoms with van der Waals surface area (Å²) in [5.74, 6) is 1.40. The molecule has 0 fully saturated rings. The summed E-state index contributed by atoms with van der Waals surface area (Å²) < 4.78 is 11.0. The van der Waals surface area contributed by atoms with Crippen molar-refractivity contribution in [2.24, 2.45) is 0 Å². The minimum atomic E-state index is -0.0764. The average Bonchev–Trinajstić information content (AvgIpc) is 2.56. The molecule has 0 heterocycles. The Hall–Kier alpha value is -2.47. The van der Waals surface area contributed by atoms with Gasteiger partial charge in [-0.15, -0.1) is 0 Å². The van der Waals surface area contributed by atoms with Crippen LogP contribution in [0.15, 0.2) is 54.6 Å². The lowest BCUT2D eigenvalue weighted by atomic mass is 9.96. The maximum Gasteiger partial charge on any atom is 0.161 e. The van der Waals surface area contributed by atoms with Crippen LogP contribution in [0, 0.1) is 11.3 Å². The topological polar surface area (TPSA) is 42.2 Å². The van der Waals surface area contributed by atoms with Gasteiger partial charge in [0.05, 0.1) is 25.7 Å². The summed E-state index contributed by atoms with van der Waals surface area (Å²) in [7, 11) is 1.63. The van der Waals surface area contributed by atoms with Gasteiger partial charge >= 0.3 is 0 Å². The Morgan fingerprint density at radius 3 is 2.33 bits per heavy atom. The van der Waals surface area contributed by atoms with Gasteiger partial charge in [-0.3, -0.25) is 0 Å². The van der Waals surface area contributed by atoms with Crippen LogP contribution in [-0.4, -0.2) is 13.7 Å². The number of rotatable bonds is 7. The second-order valence-electron chi connectivity index (χ2n) is 4.73. The molecule has 0 spiro atoms. The molecular weight excluding hydrogens is 262 g/mol. The summed E-state index contributed by atoms with van der Waals surface area (Å²) in [6.45, 7) is 0.575. The molecular formula is C18H19NO2. The van der Waals surface area contributed by atoms with E-state index < -0.39 is 0 Å². The molecule has 0 aromatic heterocycles. The van der Waals surface area contributed by atoms with Crippen molar-refractivity contribution in [3.05, 3.63) is 60.2 Å². The SMILES string of the molecule is COc1ccccc1OCCCC(C#N)c1ccccc1. The largest absolute Gasteiger partial charge is 0.493 e. The molecule has 0 N–H and O–H groups in total. The number of nitriles is 1. The molecule has 2 aromatic carbocycles. The highest BCUT2D eigenvalue weighted by Crippen LogP contribution is 2.26. The molecule has 2 rings (SSSR count). The fourth-order valence-electron chi connectivity index (χ4n) is 2.20. The van der Waals surface area contributed by atoms with Gasteiger partial charge in [-0.05, 0) is 30.5 Å². The minimum absolute atomic E-state index is 0.0764. The third-order valence-corrected chi connectivity index (χ3v) is 3.32. The summed E-state index contributed by atoms with van der Waals surface area (Å²) in [6.07, 6.45) is 1.61. The number of ether oxygens (including phenoxy) is 2. The van der Waals surface area contributed by atoms with Crippen molar-refractivity contribution < 1.29 is 9.47 Å². The molecule has 2 aromatic rings. The zero-order chi connectivity index (χ0) is 14.9. The summed E-state index contributed by atoms with van der Waals surface area (Å²) in [4.78, 5) is 0. The van der Waals surface area contributed by atoms with Gasteiger partial charge in [-0.1, -0.05) is 42.5 Å². The lowest BCUT2D eigenvalue weighted by molar-refractivity contribution is 0.285. The molecule has 0 radical (unpaired) electrons. The fraction of sp³-hybridized carbons (Fsp3) is 0.278. The van der Waals surface area contributed by atoms with Gasteiger partial charge in [0.2, 0.25) is 0 Å². The fourth-order valence-corrected chi connectivity index (χ4v) is 2.20. The molecule has 0 bridgehead atoms. The van der Waals surface area contributed by atoms with Crippen molar-refractivity contribution >= 4 is 0 Å². The highest BCUT2D eigenvalue weighted by molar-refractivity contribution is 5.39. The molecule has 108 valence electrons. The zero-order valence-corrected chi connectivity index (χ0v) is 12.2. The van der Waals surface area contributed by atoms with Crippen LogP contribution in [0.4, 0.5) is 0 Å². The highest BCUT2D eigenvalue weighted by Gasteiger charge is 2.10. The Morgan fingerprint density at radius 2 is 1.67 bits per heavy atom. The zero-order valence-electron chi connectivity index (χ0n) is 12.2. The van der Waals surface area contributed by atoms with Gasteiger partial charge in [-0.2, -0.15) is 5.26 Å². The molecule has 0 saturated carbocycles. The van der Waals surface area contributed by atoms with E-state index in [1.165, 1.54) is 0 Å². The summed E-state index contributed by atoms with van der Waals surface area (Å²) in [5, 5.41) is 9.27. The Kier molecular flexibility index (Phi) is 5.66. The highest BCUT2D eigenvalue weighted by atomic mass is 16.5. The standard InChI is InChI=1S/C18H19NO2/c1-20-17-11-5-6-12-18(17)21-13-7-10-16(14-19)15-8-3-2-4-9-15/h2-6,8-9,11-12,16H,7,10,13H2,1H3. The van der Waals surface area contributed by atoms with Gasteiger partial charge < -0.3 is 9.47 Å². The second kappa shape index (κ2) is 7.96. The first-order valence-electron chi connectivity index (χ1n) is 7.05. The van der Waals surface area contributed by atoms with E-state index in [9.17, 15) is 5.26 Å². The molecule has 0 saturated heterocycles. The molecule has 0 aliphatic heterocycles. The smallest absolute Gasteiger partial charge is 0.161 e. The first-order valence-corrected chi connectivity index (χ1v) is 7.05. The first kappa shape index (κ1) is 14.9. The summed E-state index contributed by atoms with van der Waals surface area (Å²) >= 11 is 0. The van der Waals surface area contributed by atoms with E-state index >= 15 is 0 Å². The predicted octanol–water partition coefficient (Wildman–Crippen LogP) is 4.16. The van der Waals surface area contributed by atoms with Gasteiger partial charge in [-0.25, -0.2) is 0 Å². The van der Waals surface area contributed by atoms with E-state index in [0.29, 0.717) is 6.61 Å². The third-order valence-electron chi connectivity index (χ3n) is 3.32. The third kappa shape index (κ3) is 4.25. The van der Waals surface area contributed by atoms with E-state index in [1.807, 2.05) is 54.6 Å². The predicted molar refractivity (Wildman–Crippen MR) is 82.5 cm³/mol. The Balaban J connectivity index is 1.83. The van der Waals surface area contributed by atoms with Crippen LogP contribution in [0.25, 0.3) is 0 Å². The molecule has 0 amide bonds. The molecule has 3 nitrogen and oxygen atoms in total. The van der Waals surface area contributed by atoms with Crippen molar-refractivity contribution in [3.8, 4) is 17.6 Å². The Morgan fingerprint density at radius 1 is 1.00 bits per heavy atom. The normalized spacial score (nSPS) is 11.4. The van der Waals surface area contributed by atoms with Crippen LogP contribution in [0.5, 0.6) is 11.5 Å². The van der Waals surface area contributed by atoms with Crippen molar-refractivity contribution in [3.63, 3.8) is 0 Å². The molecule has 3 heteroatoms. The number of nitrogens with zero attached hydrogens (tertiary/aromatic N) is 1. The summed E-state index contributed by atoms with van der Waals surface area (Å²) in [6, 6.07) is 19.8. The van der Waals surface area contributed by atoms with Gasteiger partial charge in [0, 0.05) is 0 Å². The average molecular weight is 281 g/mol. The second-order valence-corrected chi connectivity index (χ2v) is 4.73. The minimum Gasteiger partial charge on any atom is -0.493 e. The lowest BCUT2D eigenvalue weighted by Crippen LogP contribution is -2.02. The van der Waals surface area contributed by atoms with Crippen LogP contribution in [0.2, 0.25) is 0 Å². The molecule has 1 atom stereocenters. The molecule has 1 unspecified atom stereocenters. The van der Waals surface area contributed by atoms with Crippen LogP contribution in [0.1, 0.15) is 24.3 Å². The van der Waals surface area contributed by atoms with Crippen molar-refractivity contribution in [1.82, 2.24) is 0 Å². The maximum atomic E-state index is 9.27. The number of hydrogen-bond acceptors (Lipinski definition) is 3. The van der Waals surface area contributed by atoms with E-state index in [1.54, 1.807) is 7.11 Å². The van der Waals surface area contributed by atoms with Gasteiger partial charge in [0.1, 0.15) is 0 Å². The number of para-hydroxylation sites is 2. The monoisotopic (exact) mass is 281 g/mol. The van der Waals surface area contributed by atoms with Crippen molar-refractivity contribution in [1.29, 1.82) is 5.26 Å². The van der Waals surface area contributed by atoms with E-state index in [-0.39, 0.29) is 5.92 Å². The maximum absolute atomic E-state index is 9.27. The van der Waals surface area contributed by atoms with E-state index in [2.05, 4.69) is 6.07 Å². The quantitative estimate of drug-likeness (QED) is 0.716. The Bertz CT molecular complexity index is 590. The summed E-state index contributed by atoms with van der Waals surface area (Å²) in [5.41, 5.74) is 1.07. The number of hydrogen-bond donors (Lipinski definition) is 0. The number of methoxy groups -OCH3 is 1. The van der Waals surface area contributed by atoms with Crippen molar-refractivity contribution in [2.45, 2.75) is 18.8 Å². The van der Waals surface area contributed by atoms with Crippen LogP contribution in [0.3, 0.4) is 0 Å². The van der Waals surface area contributed by atoms with Gasteiger partial charge in [0.15, 0.2) is 11.5 Å². The first-order chi connectivity index (χ1) is 10.3. The van der Waals surface area contributed by atoms with Crippen molar-refractivity contribution in [2.75, 3.05) is 13.7 Å². The van der Waals surface area contributed by atoms with E-state index in [4.69, 9.17) is 9.47 Å². The van der Waals surface area contributed by atoms with Crippen LogP contribution in [-0.2, 0) is 0 Å². The molecule has 0 aliphatic rings. The van der Waals surface area contributed by atoms with Crippen LogP contribution >= 0.6 is 0 Å². The Labute approximate surface area is 125 Å². The van der Waals surface area contributed by atoms with Gasteiger partial charge in [0.25, 0.3) is 0 Å². The molecule has 21 heavy (non-hydrogen) atoms. The van der Waals surface area contributed by atoms with Crippen LogP contribution < -0.4 is 9.47 Å². The lowest BCUT2D eigenvalue weighted by Gasteiger charge is -2.12.